The third-order valence-electron chi connectivity index (χ3n) is 3.07. The number of thiazole rings is 1. The lowest BCUT2D eigenvalue weighted by Crippen LogP contribution is -2.01. The third-order valence-corrected chi connectivity index (χ3v) is 4.77. The van der Waals surface area contributed by atoms with Gasteiger partial charge >= 0.3 is 7.60 Å². The molecule has 0 amide bonds. The van der Waals surface area contributed by atoms with Crippen molar-refractivity contribution in [1.82, 2.24) is 4.98 Å². The number of anilines is 1. The van der Waals surface area contributed by atoms with Crippen LogP contribution in [0.2, 0.25) is 0 Å². The number of carbonyl (C=O) groups excluding carboxylic acids is 1. The maximum atomic E-state index is 13.0. The van der Waals surface area contributed by atoms with Crippen LogP contribution in [-0.4, -0.2) is 20.6 Å². The fourth-order valence-corrected chi connectivity index (χ4v) is 3.29. The van der Waals surface area contributed by atoms with Crippen molar-refractivity contribution in [1.29, 1.82) is 0 Å². The minimum Gasteiger partial charge on any atom is -0.446 e. The molecule has 0 saturated heterocycles. The molecule has 0 aliphatic carbocycles. The van der Waals surface area contributed by atoms with E-state index in [1.807, 2.05) is 0 Å². The van der Waals surface area contributed by atoms with Crippen molar-refractivity contribution >= 4 is 35.3 Å². The van der Waals surface area contributed by atoms with Crippen LogP contribution in [0.4, 0.5) is 9.52 Å². The van der Waals surface area contributed by atoms with Gasteiger partial charge in [-0.3, -0.25) is 9.36 Å². The van der Waals surface area contributed by atoms with Crippen LogP contribution in [0.25, 0.3) is 11.5 Å². The van der Waals surface area contributed by atoms with Gasteiger partial charge in [-0.25, -0.2) is 9.37 Å². The molecular formula is C14H10FN2O5PS. The predicted molar refractivity (Wildman–Crippen MR) is 85.7 cm³/mol. The van der Waals surface area contributed by atoms with Gasteiger partial charge in [-0.05, 0) is 36.4 Å². The fraction of sp³-hybridized carbons (Fsp3) is 0. The maximum absolute atomic E-state index is 13.0. The first kappa shape index (κ1) is 16.5. The molecule has 0 unspecified atom stereocenters. The summed E-state index contributed by atoms with van der Waals surface area (Å²) in [6, 6.07) is 7.34. The van der Waals surface area contributed by atoms with E-state index in [0.29, 0.717) is 0 Å². The smallest absolute Gasteiger partial charge is 0.391 e. The van der Waals surface area contributed by atoms with Crippen molar-refractivity contribution in [3.63, 3.8) is 0 Å². The summed E-state index contributed by atoms with van der Waals surface area (Å²) in [7, 11) is -4.56. The Morgan fingerprint density at radius 3 is 2.46 bits per heavy atom. The molecule has 24 heavy (non-hydrogen) atoms. The topological polar surface area (TPSA) is 127 Å². The molecule has 0 atom stereocenters. The molecule has 0 spiro atoms. The molecule has 10 heteroatoms. The van der Waals surface area contributed by atoms with E-state index in [9.17, 15) is 13.8 Å². The van der Waals surface area contributed by atoms with Crippen molar-refractivity contribution in [3.8, 4) is 11.5 Å². The van der Waals surface area contributed by atoms with E-state index in [0.717, 1.165) is 29.5 Å². The van der Waals surface area contributed by atoms with Crippen molar-refractivity contribution < 1.29 is 28.0 Å². The second-order valence-electron chi connectivity index (χ2n) is 4.75. The van der Waals surface area contributed by atoms with Crippen molar-refractivity contribution in [2.75, 3.05) is 5.73 Å². The monoisotopic (exact) mass is 368 g/mol. The number of benzene rings is 1. The molecule has 2 aromatic heterocycles. The van der Waals surface area contributed by atoms with Crippen molar-refractivity contribution in [2.24, 2.45) is 0 Å². The first-order chi connectivity index (χ1) is 11.3. The number of hydrogen-bond acceptors (Lipinski definition) is 6. The summed E-state index contributed by atoms with van der Waals surface area (Å²) in [5, 5.41) is 0.0876. The molecule has 0 saturated carbocycles. The molecule has 3 rings (SSSR count). The van der Waals surface area contributed by atoms with Crippen LogP contribution in [0, 0.1) is 5.82 Å². The van der Waals surface area contributed by atoms with Crippen LogP contribution in [0.5, 0.6) is 0 Å². The Morgan fingerprint density at radius 2 is 1.88 bits per heavy atom. The summed E-state index contributed by atoms with van der Waals surface area (Å²) in [5.41, 5.74) is 5.41. The molecule has 124 valence electrons. The van der Waals surface area contributed by atoms with E-state index in [2.05, 4.69) is 4.98 Å². The van der Waals surface area contributed by atoms with Gasteiger partial charge in [-0.1, -0.05) is 11.3 Å². The number of nitrogen functional groups attached to an aromatic ring is 1. The summed E-state index contributed by atoms with van der Waals surface area (Å²) < 4.78 is 29.3. The Morgan fingerprint density at radius 1 is 1.21 bits per heavy atom. The number of furan rings is 1. The molecule has 0 aliphatic heterocycles. The van der Waals surface area contributed by atoms with Gasteiger partial charge in [-0.15, -0.1) is 0 Å². The summed E-state index contributed by atoms with van der Waals surface area (Å²) in [6.45, 7) is 0. The van der Waals surface area contributed by atoms with Crippen LogP contribution in [0.3, 0.4) is 0 Å². The Hall–Kier alpha value is -2.32. The molecule has 1 aromatic carbocycles. The highest BCUT2D eigenvalue weighted by Gasteiger charge is 2.26. The number of halogens is 1. The third kappa shape index (κ3) is 3.15. The molecule has 0 radical (unpaired) electrons. The molecule has 2 heterocycles. The molecular weight excluding hydrogens is 358 g/mol. The number of nitrogens with zero attached hydrogens (tertiary/aromatic N) is 1. The average molecular weight is 368 g/mol. The molecule has 4 N–H and O–H groups in total. The molecule has 0 aliphatic rings. The zero-order chi connectivity index (χ0) is 17.5. The van der Waals surface area contributed by atoms with E-state index in [1.54, 1.807) is 0 Å². The van der Waals surface area contributed by atoms with E-state index < -0.39 is 24.7 Å². The predicted octanol–water partition coefficient (Wildman–Crippen LogP) is 2.16. The van der Waals surface area contributed by atoms with Crippen LogP contribution in [-0.2, 0) is 4.57 Å². The van der Waals surface area contributed by atoms with Crippen LogP contribution < -0.4 is 11.2 Å². The largest absolute Gasteiger partial charge is 0.446 e. The van der Waals surface area contributed by atoms with E-state index in [4.69, 9.17) is 19.9 Å². The summed E-state index contributed by atoms with van der Waals surface area (Å²) in [6.07, 6.45) is 0. The van der Waals surface area contributed by atoms with Crippen LogP contribution in [0.15, 0.2) is 40.8 Å². The zero-order valence-electron chi connectivity index (χ0n) is 11.8. The molecule has 7 nitrogen and oxygen atoms in total. The van der Waals surface area contributed by atoms with Crippen molar-refractivity contribution in [3.05, 3.63) is 52.7 Å². The van der Waals surface area contributed by atoms with Gasteiger partial charge in [0.2, 0.25) is 11.3 Å². The van der Waals surface area contributed by atoms with E-state index in [1.165, 1.54) is 18.2 Å². The summed E-state index contributed by atoms with van der Waals surface area (Å²) in [5.74, 6) is -0.923. The quantitative estimate of drug-likeness (QED) is 0.476. The van der Waals surface area contributed by atoms with Gasteiger partial charge in [0.25, 0.3) is 0 Å². The normalized spacial score (nSPS) is 11.6. The molecule has 0 bridgehead atoms. The minimum atomic E-state index is -4.56. The molecule has 3 aromatic rings. The van der Waals surface area contributed by atoms with E-state index in [-0.39, 0.29) is 27.0 Å². The van der Waals surface area contributed by atoms with Crippen LogP contribution >= 0.6 is 18.9 Å². The second-order valence-corrected chi connectivity index (χ2v) is 7.31. The Labute approximate surface area is 138 Å². The Balaban J connectivity index is 2.05. The Bertz CT molecular complexity index is 960. The summed E-state index contributed by atoms with van der Waals surface area (Å²) in [4.78, 5) is 34.9. The number of ketones is 1. The highest BCUT2D eigenvalue weighted by Crippen LogP contribution is 2.37. The number of rotatable bonds is 4. The zero-order valence-corrected chi connectivity index (χ0v) is 13.6. The minimum absolute atomic E-state index is 0.00624. The number of aromatic nitrogens is 1. The van der Waals surface area contributed by atoms with Crippen molar-refractivity contribution in [2.45, 2.75) is 0 Å². The van der Waals surface area contributed by atoms with E-state index >= 15 is 0 Å². The molecule has 0 fully saturated rings. The van der Waals surface area contributed by atoms with Gasteiger partial charge in [0.05, 0.1) is 0 Å². The fourth-order valence-electron chi connectivity index (χ4n) is 2.00. The number of nitrogens with two attached hydrogens (primary N) is 1. The van der Waals surface area contributed by atoms with Gasteiger partial charge in [0.1, 0.15) is 16.4 Å². The van der Waals surface area contributed by atoms with Crippen LogP contribution in [0.1, 0.15) is 15.2 Å². The average Bonchev–Trinajstić information content (AvgIpc) is 3.13. The lowest BCUT2D eigenvalue weighted by molar-refractivity contribution is 0.104. The lowest BCUT2D eigenvalue weighted by Gasteiger charge is -2.01. The number of carbonyl (C=O) groups is 1. The van der Waals surface area contributed by atoms with Gasteiger partial charge in [-0.2, -0.15) is 0 Å². The van der Waals surface area contributed by atoms with Gasteiger partial charge in [0, 0.05) is 5.56 Å². The highest BCUT2D eigenvalue weighted by atomic mass is 32.1. The highest BCUT2D eigenvalue weighted by molar-refractivity contribution is 7.59. The standard InChI is InChI=1S/C14H10FN2O5PS/c15-8-3-1-7(2-4-8)12(18)13-11(17-14(16)24-13)9-5-6-10(22-9)23(19,20)21/h1-6H,(H2,16,17)(H2,19,20,21). The first-order valence-electron chi connectivity index (χ1n) is 6.48. The maximum Gasteiger partial charge on any atom is 0.391 e. The second kappa shape index (κ2) is 5.95. The van der Waals surface area contributed by atoms with Gasteiger partial charge in [0.15, 0.2) is 10.9 Å². The summed E-state index contributed by atoms with van der Waals surface area (Å²) >= 11 is 0.902. The number of hydrogen-bond donors (Lipinski definition) is 3. The van der Waals surface area contributed by atoms with Gasteiger partial charge < -0.3 is 19.9 Å². The SMILES string of the molecule is Nc1nc(-c2ccc(P(=O)(O)O)o2)c(C(=O)c2ccc(F)cc2)s1. The first-order valence-corrected chi connectivity index (χ1v) is 8.91. The lowest BCUT2D eigenvalue weighted by atomic mass is 10.1. The Kier molecular flexibility index (Phi) is 4.10.